The molecule has 0 saturated heterocycles. The number of nitrogens with two attached hydrogens (primary N) is 1. The first-order valence-corrected chi connectivity index (χ1v) is 5.18. The Morgan fingerprint density at radius 2 is 1.71 bits per heavy atom. The van der Waals surface area contributed by atoms with Gasteiger partial charge in [0, 0.05) is 8.95 Å². The van der Waals surface area contributed by atoms with E-state index in [4.69, 9.17) is 5.73 Å². The molecule has 0 amide bonds. The molecule has 1 nitrogen and oxygen atoms in total. The lowest BCUT2D eigenvalue weighted by Gasteiger charge is -2.16. The fraction of sp³-hybridized carbons (Fsp3) is 0.250. The molecule has 0 aliphatic rings. The van der Waals surface area contributed by atoms with E-state index < -0.39 is 12.2 Å². The molecule has 1 aromatic rings. The maximum atomic E-state index is 12.2. The molecule has 0 radical (unpaired) electrons. The lowest BCUT2D eigenvalue weighted by molar-refractivity contribution is -0.149. The van der Waals surface area contributed by atoms with Gasteiger partial charge in [-0.1, -0.05) is 6.07 Å². The monoisotopic (exact) mass is 331 g/mol. The number of hydrogen-bond donors (Lipinski definition) is 1. The zero-order chi connectivity index (χ0) is 10.9. The predicted molar refractivity (Wildman–Crippen MR) is 54.8 cm³/mol. The molecule has 0 aromatic heterocycles. The van der Waals surface area contributed by atoms with Gasteiger partial charge < -0.3 is 5.73 Å². The van der Waals surface area contributed by atoms with Crippen LogP contribution in [0.25, 0.3) is 0 Å². The Labute approximate surface area is 95.7 Å². The average Bonchev–Trinajstić information content (AvgIpc) is 2.07. The van der Waals surface area contributed by atoms with Crippen molar-refractivity contribution in [1.82, 2.24) is 0 Å². The van der Waals surface area contributed by atoms with E-state index in [0.29, 0.717) is 8.95 Å². The Kier molecular flexibility index (Phi) is 3.60. The lowest BCUT2D eigenvalue weighted by atomic mass is 10.1. The maximum absolute atomic E-state index is 12.2. The van der Waals surface area contributed by atoms with Crippen molar-refractivity contribution in [1.29, 1.82) is 0 Å². The van der Waals surface area contributed by atoms with Crippen molar-refractivity contribution in [3.8, 4) is 0 Å². The topological polar surface area (TPSA) is 26.0 Å². The highest BCUT2D eigenvalue weighted by atomic mass is 79.9. The summed E-state index contributed by atoms with van der Waals surface area (Å²) in [6, 6.07) is 2.27. The van der Waals surface area contributed by atoms with Gasteiger partial charge in [0.1, 0.15) is 6.04 Å². The third-order valence-corrected chi connectivity index (χ3v) is 3.54. The van der Waals surface area contributed by atoms with E-state index in [1.54, 1.807) is 0 Å². The maximum Gasteiger partial charge on any atom is 0.407 e. The van der Waals surface area contributed by atoms with Gasteiger partial charge in [0.05, 0.1) is 0 Å². The summed E-state index contributed by atoms with van der Waals surface area (Å²) < 4.78 is 37.9. The fourth-order valence-electron chi connectivity index (χ4n) is 0.895. The van der Waals surface area contributed by atoms with Crippen LogP contribution in [0.1, 0.15) is 11.6 Å². The average molecular weight is 333 g/mol. The lowest BCUT2D eigenvalue weighted by Crippen LogP contribution is -2.28. The molecule has 78 valence electrons. The molecule has 0 aliphatic heterocycles. The van der Waals surface area contributed by atoms with Crippen molar-refractivity contribution < 1.29 is 13.2 Å². The van der Waals surface area contributed by atoms with Crippen molar-refractivity contribution >= 4 is 31.9 Å². The summed E-state index contributed by atoms with van der Waals surface area (Å²) in [6.45, 7) is 0. The van der Waals surface area contributed by atoms with E-state index >= 15 is 0 Å². The molecule has 0 unspecified atom stereocenters. The van der Waals surface area contributed by atoms with E-state index in [-0.39, 0.29) is 5.56 Å². The molecule has 0 heterocycles. The van der Waals surface area contributed by atoms with Gasteiger partial charge >= 0.3 is 6.18 Å². The first-order chi connectivity index (χ1) is 6.32. The number of hydrogen-bond acceptors (Lipinski definition) is 1. The van der Waals surface area contributed by atoms with Crippen LogP contribution in [0.2, 0.25) is 0 Å². The van der Waals surface area contributed by atoms with Crippen LogP contribution in [-0.4, -0.2) is 6.18 Å². The van der Waals surface area contributed by atoms with Crippen molar-refractivity contribution in [2.24, 2.45) is 5.73 Å². The minimum absolute atomic E-state index is 0.0348. The molecule has 1 rings (SSSR count). The molecule has 1 atom stereocenters. The quantitative estimate of drug-likeness (QED) is 0.832. The van der Waals surface area contributed by atoms with Crippen LogP contribution in [0.5, 0.6) is 0 Å². The van der Waals surface area contributed by atoms with E-state index in [1.807, 2.05) is 0 Å². The molecule has 1 aromatic carbocycles. The SMILES string of the molecule is N[C@@H](c1ccc(Br)c(Br)c1)C(F)(F)F. The Bertz CT molecular complexity index is 338. The van der Waals surface area contributed by atoms with Crippen LogP contribution in [0, 0.1) is 0 Å². The number of benzene rings is 1. The summed E-state index contributed by atoms with van der Waals surface area (Å²) in [4.78, 5) is 0. The second kappa shape index (κ2) is 4.20. The molecule has 14 heavy (non-hydrogen) atoms. The van der Waals surface area contributed by atoms with Crippen LogP contribution in [0.4, 0.5) is 13.2 Å². The molecule has 0 fully saturated rings. The molecule has 0 saturated carbocycles. The number of alkyl halides is 3. The third-order valence-electron chi connectivity index (χ3n) is 1.66. The zero-order valence-corrected chi connectivity index (χ0v) is 9.95. The predicted octanol–water partition coefficient (Wildman–Crippen LogP) is 3.77. The van der Waals surface area contributed by atoms with E-state index in [2.05, 4.69) is 31.9 Å². The van der Waals surface area contributed by atoms with E-state index in [9.17, 15) is 13.2 Å². The molecular weight excluding hydrogens is 327 g/mol. The van der Waals surface area contributed by atoms with Gasteiger partial charge in [0.25, 0.3) is 0 Å². The summed E-state index contributed by atoms with van der Waals surface area (Å²) in [7, 11) is 0. The Morgan fingerprint density at radius 3 is 2.14 bits per heavy atom. The Morgan fingerprint density at radius 1 is 1.14 bits per heavy atom. The van der Waals surface area contributed by atoms with Crippen molar-refractivity contribution in [3.05, 3.63) is 32.7 Å². The van der Waals surface area contributed by atoms with Gasteiger partial charge in [0.15, 0.2) is 0 Å². The fourth-order valence-corrected chi connectivity index (χ4v) is 1.54. The molecule has 0 spiro atoms. The van der Waals surface area contributed by atoms with Gasteiger partial charge in [-0.05, 0) is 49.6 Å². The molecular formula is C8H6Br2F3N. The van der Waals surface area contributed by atoms with Gasteiger partial charge in [-0.2, -0.15) is 13.2 Å². The van der Waals surface area contributed by atoms with Gasteiger partial charge in [-0.25, -0.2) is 0 Å². The summed E-state index contributed by atoms with van der Waals surface area (Å²) in [6.07, 6.45) is -4.41. The summed E-state index contributed by atoms with van der Waals surface area (Å²) >= 11 is 6.27. The largest absolute Gasteiger partial charge is 0.407 e. The van der Waals surface area contributed by atoms with E-state index in [1.165, 1.54) is 18.2 Å². The van der Waals surface area contributed by atoms with Gasteiger partial charge in [0.2, 0.25) is 0 Å². The van der Waals surface area contributed by atoms with Crippen molar-refractivity contribution in [2.45, 2.75) is 12.2 Å². The normalized spacial score (nSPS) is 14.1. The second-order valence-corrected chi connectivity index (χ2v) is 4.40. The van der Waals surface area contributed by atoms with Crippen LogP contribution in [-0.2, 0) is 0 Å². The summed E-state index contributed by atoms with van der Waals surface area (Å²) in [5, 5.41) is 0. The standard InChI is InChI=1S/C8H6Br2F3N/c9-5-2-1-4(3-6(5)10)7(14)8(11,12)13/h1-3,7H,14H2/t7-/m0/s1. The van der Waals surface area contributed by atoms with E-state index in [0.717, 1.165) is 0 Å². The minimum atomic E-state index is -4.41. The van der Waals surface area contributed by atoms with Gasteiger partial charge in [-0.3, -0.25) is 0 Å². The highest BCUT2D eigenvalue weighted by Gasteiger charge is 2.37. The highest BCUT2D eigenvalue weighted by molar-refractivity contribution is 9.13. The smallest absolute Gasteiger partial charge is 0.316 e. The summed E-state index contributed by atoms with van der Waals surface area (Å²) in [5.41, 5.74) is 5.06. The first kappa shape index (κ1) is 12.0. The van der Waals surface area contributed by atoms with Crippen LogP contribution >= 0.6 is 31.9 Å². The molecule has 0 aliphatic carbocycles. The number of rotatable bonds is 1. The summed E-state index contributed by atoms with van der Waals surface area (Å²) in [5.74, 6) is 0. The van der Waals surface area contributed by atoms with Gasteiger partial charge in [-0.15, -0.1) is 0 Å². The minimum Gasteiger partial charge on any atom is -0.316 e. The highest BCUT2D eigenvalue weighted by Crippen LogP contribution is 2.33. The molecule has 0 bridgehead atoms. The molecule has 6 heteroatoms. The molecule has 2 N–H and O–H groups in total. The first-order valence-electron chi connectivity index (χ1n) is 3.59. The van der Waals surface area contributed by atoms with Crippen molar-refractivity contribution in [3.63, 3.8) is 0 Å². The zero-order valence-electron chi connectivity index (χ0n) is 6.78. The van der Waals surface area contributed by atoms with Crippen molar-refractivity contribution in [2.75, 3.05) is 0 Å². The number of halogens is 5. The van der Waals surface area contributed by atoms with Crippen LogP contribution in [0.3, 0.4) is 0 Å². The van der Waals surface area contributed by atoms with Crippen LogP contribution in [0.15, 0.2) is 27.1 Å². The third kappa shape index (κ3) is 2.71. The Hall–Kier alpha value is -0.0700. The Balaban J connectivity index is 3.03. The second-order valence-electron chi connectivity index (χ2n) is 2.69. The van der Waals surface area contributed by atoms with Crippen LogP contribution < -0.4 is 5.73 Å².